The zero-order chi connectivity index (χ0) is 15.2. The maximum Gasteiger partial charge on any atom is 0.252 e. The third-order valence-corrected chi connectivity index (χ3v) is 3.45. The molecule has 0 radical (unpaired) electrons. The van der Waals surface area contributed by atoms with E-state index in [1.54, 1.807) is 0 Å². The van der Waals surface area contributed by atoms with E-state index in [2.05, 4.69) is 15.3 Å². The molecule has 0 unspecified atom stereocenters. The largest absolute Gasteiger partial charge is 0.353 e. The number of benzene rings is 1. The SMILES string of the molecule is CC(C)NC(=O)CSc1nc(-c2ccccc2)cc(=O)[nH]1. The van der Waals surface area contributed by atoms with Crippen molar-refractivity contribution < 1.29 is 4.79 Å². The summed E-state index contributed by atoms with van der Waals surface area (Å²) in [6.45, 7) is 3.80. The monoisotopic (exact) mass is 303 g/mol. The van der Waals surface area contributed by atoms with Crippen LogP contribution in [0.15, 0.2) is 46.3 Å². The smallest absolute Gasteiger partial charge is 0.252 e. The topological polar surface area (TPSA) is 74.8 Å². The summed E-state index contributed by atoms with van der Waals surface area (Å²) in [5.74, 6) is 0.141. The summed E-state index contributed by atoms with van der Waals surface area (Å²) in [6.07, 6.45) is 0. The molecular formula is C15H17N3O2S. The third kappa shape index (κ3) is 4.75. The first-order valence-corrected chi connectivity index (χ1v) is 7.62. The maximum atomic E-state index is 11.7. The molecule has 2 N–H and O–H groups in total. The summed E-state index contributed by atoms with van der Waals surface area (Å²) in [6, 6.07) is 11.0. The molecule has 1 aromatic carbocycles. The van der Waals surface area contributed by atoms with Crippen LogP contribution in [0.1, 0.15) is 13.8 Å². The van der Waals surface area contributed by atoms with E-state index in [1.807, 2.05) is 44.2 Å². The number of aromatic nitrogens is 2. The van der Waals surface area contributed by atoms with Crippen molar-refractivity contribution in [2.45, 2.75) is 25.0 Å². The van der Waals surface area contributed by atoms with E-state index in [4.69, 9.17) is 0 Å². The van der Waals surface area contributed by atoms with Gasteiger partial charge in [-0.25, -0.2) is 4.98 Å². The number of rotatable bonds is 5. The van der Waals surface area contributed by atoms with Crippen LogP contribution in [0.25, 0.3) is 11.3 Å². The van der Waals surface area contributed by atoms with Gasteiger partial charge in [0.25, 0.3) is 5.56 Å². The van der Waals surface area contributed by atoms with E-state index in [9.17, 15) is 9.59 Å². The average molecular weight is 303 g/mol. The summed E-state index contributed by atoms with van der Waals surface area (Å²) in [5, 5.41) is 3.24. The predicted molar refractivity (Wildman–Crippen MR) is 84.3 cm³/mol. The van der Waals surface area contributed by atoms with Crippen LogP contribution in [0.4, 0.5) is 0 Å². The van der Waals surface area contributed by atoms with Crippen molar-refractivity contribution >= 4 is 17.7 Å². The molecule has 6 heteroatoms. The second-order valence-corrected chi connectivity index (χ2v) is 5.78. The highest BCUT2D eigenvalue weighted by atomic mass is 32.2. The van der Waals surface area contributed by atoms with Gasteiger partial charge in [0.1, 0.15) is 0 Å². The zero-order valence-electron chi connectivity index (χ0n) is 11.9. The molecule has 0 aliphatic rings. The summed E-state index contributed by atoms with van der Waals surface area (Å²) in [4.78, 5) is 30.3. The van der Waals surface area contributed by atoms with Gasteiger partial charge in [0.15, 0.2) is 5.16 Å². The molecular weight excluding hydrogens is 286 g/mol. The van der Waals surface area contributed by atoms with Crippen molar-refractivity contribution in [2.24, 2.45) is 0 Å². The number of nitrogens with zero attached hydrogens (tertiary/aromatic N) is 1. The van der Waals surface area contributed by atoms with Gasteiger partial charge in [0.05, 0.1) is 11.4 Å². The number of H-pyrrole nitrogens is 1. The van der Waals surface area contributed by atoms with Gasteiger partial charge in [-0.05, 0) is 13.8 Å². The van der Waals surface area contributed by atoms with Crippen LogP contribution < -0.4 is 10.9 Å². The first-order valence-electron chi connectivity index (χ1n) is 6.63. The molecule has 0 bridgehead atoms. The number of carbonyl (C=O) groups is 1. The van der Waals surface area contributed by atoms with Gasteiger partial charge in [-0.15, -0.1) is 0 Å². The third-order valence-electron chi connectivity index (χ3n) is 2.58. The second-order valence-electron chi connectivity index (χ2n) is 4.81. The minimum absolute atomic E-state index is 0.0808. The summed E-state index contributed by atoms with van der Waals surface area (Å²) < 4.78 is 0. The predicted octanol–water partition coefficient (Wildman–Crippen LogP) is 2.05. The normalized spacial score (nSPS) is 10.6. The molecule has 1 amide bonds. The Labute approximate surface area is 127 Å². The highest BCUT2D eigenvalue weighted by molar-refractivity contribution is 7.99. The Balaban J connectivity index is 2.13. The molecule has 0 aliphatic heterocycles. The highest BCUT2D eigenvalue weighted by Gasteiger charge is 2.08. The van der Waals surface area contributed by atoms with Crippen LogP contribution in [-0.2, 0) is 4.79 Å². The molecule has 0 saturated heterocycles. The lowest BCUT2D eigenvalue weighted by Gasteiger charge is -2.08. The number of hydrogen-bond donors (Lipinski definition) is 2. The molecule has 0 spiro atoms. The Morgan fingerprint density at radius 1 is 1.33 bits per heavy atom. The van der Waals surface area contributed by atoms with E-state index in [1.165, 1.54) is 17.8 Å². The van der Waals surface area contributed by atoms with Crippen LogP contribution in [-0.4, -0.2) is 27.7 Å². The van der Waals surface area contributed by atoms with Crippen molar-refractivity contribution in [2.75, 3.05) is 5.75 Å². The van der Waals surface area contributed by atoms with E-state index >= 15 is 0 Å². The Kier molecular flexibility index (Phi) is 5.16. The quantitative estimate of drug-likeness (QED) is 0.655. The molecule has 110 valence electrons. The lowest BCUT2D eigenvalue weighted by atomic mass is 10.1. The Morgan fingerprint density at radius 3 is 2.71 bits per heavy atom. The summed E-state index contributed by atoms with van der Waals surface area (Å²) in [7, 11) is 0. The van der Waals surface area contributed by atoms with Crippen molar-refractivity contribution in [1.29, 1.82) is 0 Å². The summed E-state index contributed by atoms with van der Waals surface area (Å²) in [5.41, 5.74) is 1.25. The molecule has 0 fully saturated rings. The molecule has 2 rings (SSSR count). The fourth-order valence-electron chi connectivity index (χ4n) is 1.76. The lowest BCUT2D eigenvalue weighted by molar-refractivity contribution is -0.119. The van der Waals surface area contributed by atoms with Gasteiger partial charge >= 0.3 is 0 Å². The fourth-order valence-corrected chi connectivity index (χ4v) is 2.44. The number of amides is 1. The lowest BCUT2D eigenvalue weighted by Crippen LogP contribution is -2.31. The molecule has 0 atom stereocenters. The number of nitrogens with one attached hydrogen (secondary N) is 2. The van der Waals surface area contributed by atoms with Crippen molar-refractivity contribution in [3.05, 3.63) is 46.8 Å². The Hall–Kier alpha value is -2.08. The summed E-state index contributed by atoms with van der Waals surface area (Å²) >= 11 is 1.21. The van der Waals surface area contributed by atoms with Crippen molar-refractivity contribution in [3.63, 3.8) is 0 Å². The molecule has 0 saturated carbocycles. The van der Waals surface area contributed by atoms with Crippen LogP contribution in [0.2, 0.25) is 0 Å². The first kappa shape index (κ1) is 15.3. The van der Waals surface area contributed by atoms with E-state index in [0.29, 0.717) is 10.9 Å². The molecule has 1 aromatic heterocycles. The second kappa shape index (κ2) is 7.08. The minimum atomic E-state index is -0.226. The van der Waals surface area contributed by atoms with Crippen LogP contribution >= 0.6 is 11.8 Å². The first-order chi connectivity index (χ1) is 10.0. The van der Waals surface area contributed by atoms with Crippen LogP contribution in [0.5, 0.6) is 0 Å². The molecule has 2 aromatic rings. The van der Waals surface area contributed by atoms with E-state index < -0.39 is 0 Å². The minimum Gasteiger partial charge on any atom is -0.353 e. The van der Waals surface area contributed by atoms with Crippen molar-refractivity contribution in [1.82, 2.24) is 15.3 Å². The molecule has 5 nitrogen and oxygen atoms in total. The van der Waals surface area contributed by atoms with Crippen LogP contribution in [0, 0.1) is 0 Å². The number of carbonyl (C=O) groups excluding carboxylic acids is 1. The maximum absolute atomic E-state index is 11.7. The Bertz CT molecular complexity index is 668. The molecule has 1 heterocycles. The van der Waals surface area contributed by atoms with Gasteiger partial charge in [0.2, 0.25) is 5.91 Å². The number of aromatic amines is 1. The van der Waals surface area contributed by atoms with Gasteiger partial charge in [-0.3, -0.25) is 9.59 Å². The van der Waals surface area contributed by atoms with Gasteiger partial charge in [0, 0.05) is 17.7 Å². The van der Waals surface area contributed by atoms with Gasteiger partial charge < -0.3 is 10.3 Å². The standard InChI is InChI=1S/C15H17N3O2S/c1-10(2)16-14(20)9-21-15-17-12(8-13(19)18-15)11-6-4-3-5-7-11/h3-8,10H,9H2,1-2H3,(H,16,20)(H,17,18,19). The number of hydrogen-bond acceptors (Lipinski definition) is 4. The van der Waals surface area contributed by atoms with Gasteiger partial charge in [-0.2, -0.15) is 0 Å². The average Bonchev–Trinajstić information content (AvgIpc) is 2.45. The number of thioether (sulfide) groups is 1. The van der Waals surface area contributed by atoms with Crippen LogP contribution in [0.3, 0.4) is 0 Å². The van der Waals surface area contributed by atoms with E-state index in [0.717, 1.165) is 5.56 Å². The fraction of sp³-hybridized carbons (Fsp3) is 0.267. The highest BCUT2D eigenvalue weighted by Crippen LogP contribution is 2.18. The van der Waals surface area contributed by atoms with Crippen molar-refractivity contribution in [3.8, 4) is 11.3 Å². The van der Waals surface area contributed by atoms with E-state index in [-0.39, 0.29) is 23.3 Å². The zero-order valence-corrected chi connectivity index (χ0v) is 12.7. The molecule has 21 heavy (non-hydrogen) atoms. The Morgan fingerprint density at radius 2 is 2.05 bits per heavy atom. The van der Waals surface area contributed by atoms with Gasteiger partial charge in [-0.1, -0.05) is 42.1 Å². The molecule has 0 aliphatic carbocycles.